The van der Waals surface area contributed by atoms with Crippen LogP contribution in [-0.2, 0) is 13.0 Å². The molecule has 0 heterocycles. The van der Waals surface area contributed by atoms with Crippen LogP contribution in [0.1, 0.15) is 35.6 Å². The van der Waals surface area contributed by atoms with E-state index < -0.39 is 0 Å². The van der Waals surface area contributed by atoms with Crippen LogP contribution in [0.5, 0.6) is 0 Å². The number of benzene rings is 2. The van der Waals surface area contributed by atoms with E-state index in [-0.39, 0.29) is 0 Å². The van der Waals surface area contributed by atoms with Crippen molar-refractivity contribution in [2.75, 3.05) is 0 Å². The summed E-state index contributed by atoms with van der Waals surface area (Å²) in [5.74, 6) is 0. The molecule has 1 heteroatoms. The Morgan fingerprint density at radius 1 is 0.842 bits per heavy atom. The lowest BCUT2D eigenvalue weighted by atomic mass is 9.92. The van der Waals surface area contributed by atoms with Gasteiger partial charge in [-0.15, -0.1) is 0 Å². The van der Waals surface area contributed by atoms with Crippen LogP contribution in [-0.4, -0.2) is 0 Å². The third-order valence-electron chi connectivity index (χ3n) is 3.67. The highest BCUT2D eigenvalue weighted by Gasteiger charge is 2.07. The lowest BCUT2D eigenvalue weighted by molar-refractivity contribution is 0.921. The highest BCUT2D eigenvalue weighted by Crippen LogP contribution is 2.29. The highest BCUT2D eigenvalue weighted by atomic mass is 14.5. The lowest BCUT2D eigenvalue weighted by Crippen LogP contribution is -1.98. The van der Waals surface area contributed by atoms with Crippen LogP contribution in [0, 0.1) is 13.8 Å². The van der Waals surface area contributed by atoms with Gasteiger partial charge in [-0.1, -0.05) is 43.7 Å². The summed E-state index contributed by atoms with van der Waals surface area (Å²) in [7, 11) is 0. The summed E-state index contributed by atoms with van der Waals surface area (Å²) >= 11 is 0. The Kier molecular flexibility index (Phi) is 4.39. The quantitative estimate of drug-likeness (QED) is 0.859. The van der Waals surface area contributed by atoms with Crippen molar-refractivity contribution in [3.63, 3.8) is 0 Å². The molecule has 0 saturated carbocycles. The van der Waals surface area contributed by atoms with Crippen molar-refractivity contribution in [2.45, 2.75) is 40.2 Å². The number of hydrogen-bond donors (Lipinski definition) is 1. The number of aryl methyl sites for hydroxylation is 3. The summed E-state index contributed by atoms with van der Waals surface area (Å²) in [5.41, 5.74) is 13.7. The molecule has 0 amide bonds. The Bertz CT molecular complexity index is 570. The molecule has 0 spiro atoms. The van der Waals surface area contributed by atoms with Gasteiger partial charge in [0.1, 0.15) is 0 Å². The molecule has 2 aromatic carbocycles. The first-order valence-electron chi connectivity index (χ1n) is 7.05. The fraction of sp³-hybridized carbons (Fsp3) is 0.333. The molecule has 100 valence electrons. The number of nitrogens with two attached hydrogens (primary N) is 1. The molecule has 1 nitrogen and oxygen atoms in total. The van der Waals surface area contributed by atoms with Crippen LogP contribution in [0.25, 0.3) is 11.1 Å². The average molecular weight is 253 g/mol. The predicted molar refractivity (Wildman–Crippen MR) is 83.2 cm³/mol. The summed E-state index contributed by atoms with van der Waals surface area (Å²) in [6.45, 7) is 7.17. The van der Waals surface area contributed by atoms with Crippen molar-refractivity contribution in [1.29, 1.82) is 0 Å². The van der Waals surface area contributed by atoms with E-state index in [9.17, 15) is 0 Å². The van der Waals surface area contributed by atoms with E-state index in [4.69, 9.17) is 5.73 Å². The smallest absolute Gasteiger partial charge is 0.0178 e. The zero-order chi connectivity index (χ0) is 13.8. The van der Waals surface area contributed by atoms with Gasteiger partial charge in [0.05, 0.1) is 0 Å². The predicted octanol–water partition coefficient (Wildman–Crippen LogP) is 4.38. The van der Waals surface area contributed by atoms with E-state index in [0.29, 0.717) is 6.54 Å². The Labute approximate surface area is 116 Å². The molecule has 0 aliphatic heterocycles. The van der Waals surface area contributed by atoms with E-state index in [2.05, 4.69) is 57.2 Å². The van der Waals surface area contributed by atoms with E-state index >= 15 is 0 Å². The van der Waals surface area contributed by atoms with Gasteiger partial charge in [-0.25, -0.2) is 0 Å². The van der Waals surface area contributed by atoms with E-state index in [0.717, 1.165) is 6.42 Å². The maximum atomic E-state index is 5.76. The number of hydrogen-bond acceptors (Lipinski definition) is 1. The van der Waals surface area contributed by atoms with Gasteiger partial charge in [0, 0.05) is 6.54 Å². The van der Waals surface area contributed by atoms with Crippen LogP contribution < -0.4 is 5.73 Å². The molecule has 0 saturated heterocycles. The maximum absolute atomic E-state index is 5.76. The van der Waals surface area contributed by atoms with Crippen molar-refractivity contribution >= 4 is 0 Å². The minimum absolute atomic E-state index is 0.598. The molecule has 19 heavy (non-hydrogen) atoms. The first-order chi connectivity index (χ1) is 9.15. The molecule has 0 fully saturated rings. The molecule has 2 N–H and O–H groups in total. The molecule has 0 aliphatic carbocycles. The Balaban J connectivity index is 2.53. The van der Waals surface area contributed by atoms with Crippen LogP contribution in [0.15, 0.2) is 36.4 Å². The maximum Gasteiger partial charge on any atom is 0.0178 e. The molecule has 2 aromatic rings. The van der Waals surface area contributed by atoms with Crippen LogP contribution in [0.2, 0.25) is 0 Å². The summed E-state index contributed by atoms with van der Waals surface area (Å²) in [6.07, 6.45) is 2.33. The minimum Gasteiger partial charge on any atom is -0.326 e. The van der Waals surface area contributed by atoms with Crippen molar-refractivity contribution in [3.8, 4) is 11.1 Å². The van der Waals surface area contributed by atoms with Crippen molar-refractivity contribution in [1.82, 2.24) is 0 Å². The Hall–Kier alpha value is -1.60. The minimum atomic E-state index is 0.598. The zero-order valence-corrected chi connectivity index (χ0v) is 12.2. The SMILES string of the molecule is CCCc1ccc(C)c(-c2cc(CN)ccc2C)c1. The number of rotatable bonds is 4. The van der Waals surface area contributed by atoms with Gasteiger partial charge in [-0.05, 0) is 59.7 Å². The molecule has 2 rings (SSSR count). The van der Waals surface area contributed by atoms with Gasteiger partial charge in [-0.2, -0.15) is 0 Å². The first-order valence-corrected chi connectivity index (χ1v) is 7.05. The second-order valence-electron chi connectivity index (χ2n) is 5.25. The third-order valence-corrected chi connectivity index (χ3v) is 3.67. The van der Waals surface area contributed by atoms with E-state index in [1.165, 1.54) is 39.8 Å². The van der Waals surface area contributed by atoms with Gasteiger partial charge in [-0.3, -0.25) is 0 Å². The standard InChI is InChI=1S/C18H23N/c1-4-5-15-8-6-13(2)17(10-15)18-11-16(12-19)9-7-14(18)3/h6-11H,4-5,12,19H2,1-3H3. The second kappa shape index (κ2) is 6.03. The third kappa shape index (κ3) is 3.05. The van der Waals surface area contributed by atoms with Gasteiger partial charge >= 0.3 is 0 Å². The average Bonchev–Trinajstić information content (AvgIpc) is 2.42. The van der Waals surface area contributed by atoms with Gasteiger partial charge in [0.25, 0.3) is 0 Å². The van der Waals surface area contributed by atoms with E-state index in [1.54, 1.807) is 0 Å². The van der Waals surface area contributed by atoms with Crippen molar-refractivity contribution < 1.29 is 0 Å². The molecular weight excluding hydrogens is 230 g/mol. The fourth-order valence-electron chi connectivity index (χ4n) is 2.49. The second-order valence-corrected chi connectivity index (χ2v) is 5.25. The van der Waals surface area contributed by atoms with Gasteiger partial charge in [0.15, 0.2) is 0 Å². The molecule has 0 radical (unpaired) electrons. The van der Waals surface area contributed by atoms with Crippen LogP contribution in [0.4, 0.5) is 0 Å². The molecule has 0 atom stereocenters. The topological polar surface area (TPSA) is 26.0 Å². The molecule has 0 unspecified atom stereocenters. The summed E-state index contributed by atoms with van der Waals surface area (Å²) in [6, 6.07) is 13.3. The Morgan fingerprint density at radius 3 is 1.89 bits per heavy atom. The van der Waals surface area contributed by atoms with E-state index in [1.807, 2.05) is 0 Å². The Morgan fingerprint density at radius 2 is 1.37 bits per heavy atom. The monoisotopic (exact) mass is 253 g/mol. The van der Waals surface area contributed by atoms with Gasteiger partial charge < -0.3 is 5.73 Å². The zero-order valence-electron chi connectivity index (χ0n) is 12.2. The fourth-order valence-corrected chi connectivity index (χ4v) is 2.49. The van der Waals surface area contributed by atoms with Crippen LogP contribution >= 0.6 is 0 Å². The lowest BCUT2D eigenvalue weighted by Gasteiger charge is -2.13. The summed E-state index contributed by atoms with van der Waals surface area (Å²) in [5, 5.41) is 0. The summed E-state index contributed by atoms with van der Waals surface area (Å²) < 4.78 is 0. The molecule has 0 aliphatic rings. The summed E-state index contributed by atoms with van der Waals surface area (Å²) in [4.78, 5) is 0. The highest BCUT2D eigenvalue weighted by molar-refractivity contribution is 5.71. The first kappa shape index (κ1) is 13.8. The van der Waals surface area contributed by atoms with Gasteiger partial charge in [0.2, 0.25) is 0 Å². The molecule has 0 aromatic heterocycles. The van der Waals surface area contributed by atoms with Crippen molar-refractivity contribution in [2.24, 2.45) is 5.73 Å². The molecule has 0 bridgehead atoms. The van der Waals surface area contributed by atoms with Crippen molar-refractivity contribution in [3.05, 3.63) is 58.7 Å². The largest absolute Gasteiger partial charge is 0.326 e. The van der Waals surface area contributed by atoms with Crippen LogP contribution in [0.3, 0.4) is 0 Å². The normalized spacial score (nSPS) is 10.7. The molecular formula is C18H23N.